The fourth-order valence-corrected chi connectivity index (χ4v) is 4.80. The van der Waals surface area contributed by atoms with Crippen LogP contribution < -0.4 is 10.6 Å². The van der Waals surface area contributed by atoms with E-state index in [1.54, 1.807) is 4.52 Å². The molecule has 1 saturated heterocycles. The van der Waals surface area contributed by atoms with E-state index in [1.807, 2.05) is 18.7 Å². The van der Waals surface area contributed by atoms with Crippen molar-refractivity contribution in [3.05, 3.63) is 23.3 Å². The molecule has 0 radical (unpaired) electrons. The van der Waals surface area contributed by atoms with E-state index in [0.717, 1.165) is 42.6 Å². The van der Waals surface area contributed by atoms with Gasteiger partial charge in [-0.15, -0.1) is 0 Å². The highest BCUT2D eigenvalue weighted by Crippen LogP contribution is 2.19. The lowest BCUT2D eigenvalue weighted by Gasteiger charge is -2.34. The second-order valence-electron chi connectivity index (χ2n) is 8.85. The molecule has 3 amide bonds. The Labute approximate surface area is 183 Å². The summed E-state index contributed by atoms with van der Waals surface area (Å²) in [5.41, 5.74) is 2.91. The number of aromatic nitrogens is 4. The SMILES string of the molecule is Cc1nc2ncnn2c(C)c1CCC(=O)NC1CCN(C(=O)NC2CCCCC2)CC1. The molecule has 0 aromatic carbocycles. The number of rotatable bonds is 5. The molecular formula is C22H33N7O2. The number of hydrogen-bond donors (Lipinski definition) is 2. The fraction of sp³-hybridized carbons (Fsp3) is 0.682. The lowest BCUT2D eigenvalue weighted by Crippen LogP contribution is -2.51. The van der Waals surface area contributed by atoms with Crippen LogP contribution in [-0.4, -0.2) is 61.6 Å². The highest BCUT2D eigenvalue weighted by atomic mass is 16.2. The summed E-state index contributed by atoms with van der Waals surface area (Å²) in [6.07, 6.45) is 10.0. The predicted octanol–water partition coefficient (Wildman–Crippen LogP) is 2.30. The van der Waals surface area contributed by atoms with Gasteiger partial charge in [0.15, 0.2) is 0 Å². The molecule has 168 valence electrons. The van der Waals surface area contributed by atoms with Gasteiger partial charge in [0.1, 0.15) is 6.33 Å². The van der Waals surface area contributed by atoms with E-state index in [1.165, 1.54) is 25.6 Å². The maximum Gasteiger partial charge on any atom is 0.317 e. The first kappa shape index (κ1) is 21.5. The van der Waals surface area contributed by atoms with Gasteiger partial charge in [0.05, 0.1) is 0 Å². The summed E-state index contributed by atoms with van der Waals surface area (Å²) in [6.45, 7) is 5.31. The largest absolute Gasteiger partial charge is 0.353 e. The summed E-state index contributed by atoms with van der Waals surface area (Å²) in [5.74, 6) is 0.630. The second kappa shape index (κ2) is 9.62. The number of urea groups is 1. The highest BCUT2D eigenvalue weighted by Gasteiger charge is 2.26. The molecule has 31 heavy (non-hydrogen) atoms. The smallest absolute Gasteiger partial charge is 0.317 e. The minimum atomic E-state index is 0.0441. The van der Waals surface area contributed by atoms with E-state index in [9.17, 15) is 9.59 Å². The van der Waals surface area contributed by atoms with Gasteiger partial charge in [-0.1, -0.05) is 19.3 Å². The van der Waals surface area contributed by atoms with E-state index >= 15 is 0 Å². The average molecular weight is 428 g/mol. The molecule has 0 unspecified atom stereocenters. The summed E-state index contributed by atoms with van der Waals surface area (Å²) < 4.78 is 1.72. The number of fused-ring (bicyclic) bond motifs is 1. The van der Waals surface area contributed by atoms with Crippen LogP contribution in [0.4, 0.5) is 4.79 Å². The molecule has 4 rings (SSSR count). The van der Waals surface area contributed by atoms with Gasteiger partial charge in [0.2, 0.25) is 5.91 Å². The van der Waals surface area contributed by atoms with Crippen LogP contribution in [0.5, 0.6) is 0 Å². The second-order valence-corrected chi connectivity index (χ2v) is 8.85. The monoisotopic (exact) mass is 427 g/mol. The Morgan fingerprint density at radius 1 is 1.03 bits per heavy atom. The molecule has 2 fully saturated rings. The van der Waals surface area contributed by atoms with Crippen molar-refractivity contribution in [2.45, 2.75) is 83.7 Å². The van der Waals surface area contributed by atoms with Gasteiger partial charge in [0.25, 0.3) is 5.78 Å². The van der Waals surface area contributed by atoms with Gasteiger partial charge in [-0.3, -0.25) is 4.79 Å². The predicted molar refractivity (Wildman–Crippen MR) is 117 cm³/mol. The summed E-state index contributed by atoms with van der Waals surface area (Å²) >= 11 is 0. The molecule has 9 heteroatoms. The third-order valence-corrected chi connectivity index (χ3v) is 6.67. The van der Waals surface area contributed by atoms with Crippen molar-refractivity contribution < 1.29 is 9.59 Å². The van der Waals surface area contributed by atoms with Gasteiger partial charge in [-0.05, 0) is 51.5 Å². The van der Waals surface area contributed by atoms with Crippen LogP contribution in [0.1, 0.15) is 68.3 Å². The molecule has 0 bridgehead atoms. The number of hydrogen-bond acceptors (Lipinski definition) is 5. The summed E-state index contributed by atoms with van der Waals surface area (Å²) in [4.78, 5) is 35.5. The number of piperidine rings is 1. The van der Waals surface area contributed by atoms with E-state index in [0.29, 0.717) is 37.8 Å². The van der Waals surface area contributed by atoms with E-state index < -0.39 is 0 Å². The van der Waals surface area contributed by atoms with E-state index in [4.69, 9.17) is 0 Å². The maximum absolute atomic E-state index is 12.5. The van der Waals surface area contributed by atoms with Crippen molar-refractivity contribution in [3.8, 4) is 0 Å². The highest BCUT2D eigenvalue weighted by molar-refractivity contribution is 5.77. The Bertz CT molecular complexity index is 927. The molecule has 2 aromatic rings. The summed E-state index contributed by atoms with van der Waals surface area (Å²) in [5, 5.41) is 10.5. The molecule has 9 nitrogen and oxygen atoms in total. The standard InChI is InChI=1S/C22H33N7O2/c1-15-19(16(2)29-21(25-15)23-14-24-29)8-9-20(30)26-18-10-12-28(13-11-18)22(31)27-17-6-4-3-5-7-17/h14,17-18H,3-13H2,1-2H3,(H,26,30)(H,27,31). The van der Waals surface area contributed by atoms with Crippen LogP contribution in [0.3, 0.4) is 0 Å². The van der Waals surface area contributed by atoms with Crippen molar-refractivity contribution in [1.29, 1.82) is 0 Å². The molecule has 1 aliphatic heterocycles. The van der Waals surface area contributed by atoms with Crippen LogP contribution >= 0.6 is 0 Å². The number of carbonyl (C=O) groups excluding carboxylic acids is 2. The minimum Gasteiger partial charge on any atom is -0.353 e. The molecule has 1 saturated carbocycles. The third kappa shape index (κ3) is 5.14. The van der Waals surface area contributed by atoms with Gasteiger partial charge in [-0.25, -0.2) is 14.3 Å². The number of aryl methyl sites for hydroxylation is 2. The normalized spacial score (nSPS) is 18.3. The number of carbonyl (C=O) groups is 2. The van der Waals surface area contributed by atoms with Crippen molar-refractivity contribution in [1.82, 2.24) is 35.1 Å². The van der Waals surface area contributed by atoms with E-state index in [2.05, 4.69) is 25.7 Å². The Hall–Kier alpha value is -2.71. The van der Waals surface area contributed by atoms with Gasteiger partial charge in [-0.2, -0.15) is 10.1 Å². The van der Waals surface area contributed by atoms with Crippen molar-refractivity contribution >= 4 is 17.7 Å². The summed E-state index contributed by atoms with van der Waals surface area (Å²) in [6, 6.07) is 0.514. The first-order chi connectivity index (χ1) is 15.0. The minimum absolute atomic E-state index is 0.0441. The molecule has 3 heterocycles. The number of likely N-dealkylation sites (tertiary alicyclic amines) is 1. The zero-order chi connectivity index (χ0) is 21.8. The topological polar surface area (TPSA) is 105 Å². The average Bonchev–Trinajstić information content (AvgIpc) is 3.23. The Morgan fingerprint density at radius 3 is 2.48 bits per heavy atom. The molecule has 0 atom stereocenters. The molecule has 1 aliphatic carbocycles. The number of nitrogens with one attached hydrogen (secondary N) is 2. The molecule has 0 spiro atoms. The quantitative estimate of drug-likeness (QED) is 0.762. The van der Waals surface area contributed by atoms with Crippen LogP contribution in [-0.2, 0) is 11.2 Å². The third-order valence-electron chi connectivity index (χ3n) is 6.67. The van der Waals surface area contributed by atoms with Crippen LogP contribution in [0.2, 0.25) is 0 Å². The Balaban J connectivity index is 1.22. The maximum atomic E-state index is 12.5. The molecular weight excluding hydrogens is 394 g/mol. The molecule has 2 aromatic heterocycles. The molecule has 2 aliphatic rings. The van der Waals surface area contributed by atoms with Gasteiger partial charge < -0.3 is 15.5 Å². The van der Waals surface area contributed by atoms with Gasteiger partial charge >= 0.3 is 6.03 Å². The lowest BCUT2D eigenvalue weighted by atomic mass is 9.95. The molecule has 2 N–H and O–H groups in total. The first-order valence-corrected chi connectivity index (χ1v) is 11.5. The van der Waals surface area contributed by atoms with Crippen molar-refractivity contribution in [2.24, 2.45) is 0 Å². The summed E-state index contributed by atoms with van der Waals surface area (Å²) in [7, 11) is 0. The van der Waals surface area contributed by atoms with Crippen molar-refractivity contribution in [3.63, 3.8) is 0 Å². The first-order valence-electron chi connectivity index (χ1n) is 11.5. The van der Waals surface area contributed by atoms with Crippen LogP contribution in [0.15, 0.2) is 6.33 Å². The van der Waals surface area contributed by atoms with Crippen LogP contribution in [0.25, 0.3) is 5.78 Å². The van der Waals surface area contributed by atoms with E-state index in [-0.39, 0.29) is 18.0 Å². The van der Waals surface area contributed by atoms with Gasteiger partial charge in [0, 0.05) is 43.0 Å². The zero-order valence-corrected chi connectivity index (χ0v) is 18.6. The Kier molecular flexibility index (Phi) is 6.67. The lowest BCUT2D eigenvalue weighted by molar-refractivity contribution is -0.122. The van der Waals surface area contributed by atoms with Crippen LogP contribution in [0, 0.1) is 13.8 Å². The zero-order valence-electron chi connectivity index (χ0n) is 18.6. The number of nitrogens with zero attached hydrogens (tertiary/aromatic N) is 5. The number of amides is 3. The Morgan fingerprint density at radius 2 is 1.74 bits per heavy atom. The van der Waals surface area contributed by atoms with Crippen molar-refractivity contribution in [2.75, 3.05) is 13.1 Å². The fourth-order valence-electron chi connectivity index (χ4n) is 4.80.